The maximum absolute atomic E-state index is 12.2. The van der Waals surface area contributed by atoms with Crippen molar-refractivity contribution >= 4 is 27.7 Å². The number of hydrogen-bond donors (Lipinski definition) is 2. The van der Waals surface area contributed by atoms with Gasteiger partial charge in [-0.05, 0) is 24.8 Å². The van der Waals surface area contributed by atoms with E-state index in [0.29, 0.717) is 26.1 Å². The van der Waals surface area contributed by atoms with Crippen LogP contribution in [-0.2, 0) is 14.8 Å². The van der Waals surface area contributed by atoms with Crippen LogP contribution < -0.4 is 11.1 Å². The van der Waals surface area contributed by atoms with Gasteiger partial charge in [0.2, 0.25) is 15.9 Å². The Morgan fingerprint density at radius 1 is 1.17 bits per heavy atom. The second-order valence-electron chi connectivity index (χ2n) is 6.62. The summed E-state index contributed by atoms with van der Waals surface area (Å²) in [6.45, 7) is 1.88. The van der Waals surface area contributed by atoms with Crippen LogP contribution in [0.4, 0.5) is 0 Å². The summed E-state index contributed by atoms with van der Waals surface area (Å²) in [4.78, 5) is 12.2. The van der Waals surface area contributed by atoms with Crippen LogP contribution in [0.15, 0.2) is 0 Å². The van der Waals surface area contributed by atoms with E-state index >= 15 is 0 Å². The highest BCUT2D eigenvalue weighted by atomic mass is 32.2. The number of nitrogens with two attached hydrogens (primary N) is 1. The fourth-order valence-corrected chi connectivity index (χ4v) is 5.92. The van der Waals surface area contributed by atoms with E-state index in [0.717, 1.165) is 37.2 Å². The molecular formula is C15H29N3O3S2. The highest BCUT2D eigenvalue weighted by Crippen LogP contribution is 2.38. The molecule has 0 unspecified atom stereocenters. The Morgan fingerprint density at radius 2 is 1.83 bits per heavy atom. The number of carbonyl (C=O) groups excluding carboxylic acids is 1. The van der Waals surface area contributed by atoms with Gasteiger partial charge in [-0.1, -0.05) is 19.3 Å². The molecule has 6 nitrogen and oxygen atoms in total. The van der Waals surface area contributed by atoms with Crippen LogP contribution >= 0.6 is 11.8 Å². The summed E-state index contributed by atoms with van der Waals surface area (Å²) in [7, 11) is -3.25. The van der Waals surface area contributed by atoms with Gasteiger partial charge in [0.05, 0.1) is 5.75 Å². The Hall–Kier alpha value is -0.310. The van der Waals surface area contributed by atoms with Gasteiger partial charge in [0.25, 0.3) is 0 Å². The molecule has 8 heteroatoms. The minimum absolute atomic E-state index is 0.0148. The van der Waals surface area contributed by atoms with E-state index in [1.54, 1.807) is 11.8 Å². The van der Waals surface area contributed by atoms with Gasteiger partial charge in [-0.3, -0.25) is 4.79 Å². The number of rotatable bonds is 7. The zero-order chi connectivity index (χ0) is 16.8. The molecule has 0 atom stereocenters. The van der Waals surface area contributed by atoms with Crippen LogP contribution in [0, 0.1) is 5.41 Å². The first kappa shape index (κ1) is 19.0. The van der Waals surface area contributed by atoms with E-state index in [1.807, 2.05) is 0 Å². The molecule has 0 aromatic heterocycles. The van der Waals surface area contributed by atoms with Crippen LogP contribution in [0.25, 0.3) is 0 Å². The topological polar surface area (TPSA) is 92.5 Å². The first-order valence-corrected chi connectivity index (χ1v) is 11.3. The van der Waals surface area contributed by atoms with Gasteiger partial charge in [0, 0.05) is 37.6 Å². The Morgan fingerprint density at radius 3 is 2.43 bits per heavy atom. The lowest BCUT2D eigenvalue weighted by Crippen LogP contribution is -2.43. The molecule has 1 heterocycles. The second-order valence-corrected chi connectivity index (χ2v) is 9.93. The van der Waals surface area contributed by atoms with E-state index in [1.165, 1.54) is 10.7 Å². The zero-order valence-corrected chi connectivity index (χ0v) is 15.4. The number of sulfonamides is 1. The quantitative estimate of drug-likeness (QED) is 0.697. The summed E-state index contributed by atoms with van der Waals surface area (Å²) in [5.41, 5.74) is 5.82. The number of thioether (sulfide) groups is 1. The van der Waals surface area contributed by atoms with Gasteiger partial charge < -0.3 is 11.1 Å². The Bertz CT molecular complexity index is 484. The maximum Gasteiger partial charge on any atom is 0.220 e. The SMILES string of the molecule is NCC1(CC(=O)NCCS(=O)(=O)N2CCSCC2)CCCCC1. The van der Waals surface area contributed by atoms with Crippen molar-refractivity contribution in [2.75, 3.05) is 43.4 Å². The van der Waals surface area contributed by atoms with E-state index < -0.39 is 10.0 Å². The largest absolute Gasteiger partial charge is 0.355 e. The molecule has 1 aliphatic heterocycles. The zero-order valence-electron chi connectivity index (χ0n) is 13.8. The van der Waals surface area contributed by atoms with Crippen molar-refractivity contribution in [3.63, 3.8) is 0 Å². The van der Waals surface area contributed by atoms with Gasteiger partial charge in [-0.15, -0.1) is 0 Å². The number of amides is 1. The van der Waals surface area contributed by atoms with E-state index in [9.17, 15) is 13.2 Å². The standard InChI is InChI=1S/C15H29N3O3S2/c16-13-15(4-2-1-3-5-15)12-14(19)17-6-11-23(20,21)18-7-9-22-10-8-18/h1-13,16H2,(H,17,19). The fraction of sp³-hybridized carbons (Fsp3) is 0.933. The van der Waals surface area contributed by atoms with Gasteiger partial charge in [-0.2, -0.15) is 11.8 Å². The Kier molecular flexibility index (Phi) is 7.19. The van der Waals surface area contributed by atoms with Crippen LogP contribution in [0.2, 0.25) is 0 Å². The van der Waals surface area contributed by atoms with Crippen molar-refractivity contribution < 1.29 is 13.2 Å². The van der Waals surface area contributed by atoms with E-state index in [2.05, 4.69) is 5.32 Å². The molecular weight excluding hydrogens is 334 g/mol. The number of carbonyl (C=O) groups is 1. The molecule has 3 N–H and O–H groups in total. The number of hydrogen-bond acceptors (Lipinski definition) is 5. The van der Waals surface area contributed by atoms with Crippen molar-refractivity contribution in [2.45, 2.75) is 38.5 Å². The molecule has 0 radical (unpaired) electrons. The van der Waals surface area contributed by atoms with Crippen molar-refractivity contribution in [3.05, 3.63) is 0 Å². The van der Waals surface area contributed by atoms with Gasteiger partial charge in [0.1, 0.15) is 0 Å². The summed E-state index contributed by atoms with van der Waals surface area (Å²) in [5.74, 6) is 1.62. The lowest BCUT2D eigenvalue weighted by molar-refractivity contribution is -0.123. The van der Waals surface area contributed by atoms with Crippen LogP contribution in [0.3, 0.4) is 0 Å². The van der Waals surface area contributed by atoms with Gasteiger partial charge >= 0.3 is 0 Å². The second kappa shape index (κ2) is 8.69. The van der Waals surface area contributed by atoms with Gasteiger partial charge in [0.15, 0.2) is 0 Å². The molecule has 134 valence electrons. The predicted molar refractivity (Wildman–Crippen MR) is 94.9 cm³/mol. The van der Waals surface area contributed by atoms with Crippen LogP contribution in [-0.4, -0.2) is 62.1 Å². The molecule has 0 bridgehead atoms. The normalized spacial score (nSPS) is 22.7. The summed E-state index contributed by atoms with van der Waals surface area (Å²) in [6, 6.07) is 0. The first-order chi connectivity index (χ1) is 11.0. The molecule has 0 spiro atoms. The molecule has 2 aliphatic rings. The average Bonchev–Trinajstić information content (AvgIpc) is 2.56. The van der Waals surface area contributed by atoms with Crippen molar-refractivity contribution in [1.29, 1.82) is 0 Å². The highest BCUT2D eigenvalue weighted by Gasteiger charge is 2.33. The first-order valence-electron chi connectivity index (χ1n) is 8.50. The predicted octanol–water partition coefficient (Wildman–Crippen LogP) is 0.781. The molecule has 2 fully saturated rings. The molecule has 0 aromatic carbocycles. The molecule has 1 saturated carbocycles. The Labute approximate surface area is 144 Å². The van der Waals surface area contributed by atoms with E-state index in [-0.39, 0.29) is 23.6 Å². The minimum atomic E-state index is -3.25. The molecule has 2 rings (SSSR count). The number of nitrogens with one attached hydrogen (secondary N) is 1. The average molecular weight is 364 g/mol. The molecule has 1 saturated heterocycles. The smallest absolute Gasteiger partial charge is 0.220 e. The van der Waals surface area contributed by atoms with Crippen molar-refractivity contribution in [3.8, 4) is 0 Å². The van der Waals surface area contributed by atoms with Crippen molar-refractivity contribution in [2.24, 2.45) is 11.1 Å². The Balaban J connectivity index is 1.75. The molecule has 1 amide bonds. The summed E-state index contributed by atoms with van der Waals surface area (Å²) < 4.78 is 26.0. The third-order valence-electron chi connectivity index (χ3n) is 4.93. The third kappa shape index (κ3) is 5.62. The summed E-state index contributed by atoms with van der Waals surface area (Å²) in [6.07, 6.45) is 5.90. The molecule has 0 aromatic rings. The lowest BCUT2D eigenvalue weighted by Gasteiger charge is -2.35. The van der Waals surface area contributed by atoms with Crippen LogP contribution in [0.1, 0.15) is 38.5 Å². The number of nitrogens with zero attached hydrogens (tertiary/aromatic N) is 1. The van der Waals surface area contributed by atoms with Crippen molar-refractivity contribution in [1.82, 2.24) is 9.62 Å². The monoisotopic (exact) mass is 363 g/mol. The van der Waals surface area contributed by atoms with Gasteiger partial charge in [-0.25, -0.2) is 12.7 Å². The molecule has 1 aliphatic carbocycles. The van der Waals surface area contributed by atoms with Crippen LogP contribution in [0.5, 0.6) is 0 Å². The third-order valence-corrected chi connectivity index (χ3v) is 7.74. The minimum Gasteiger partial charge on any atom is -0.355 e. The lowest BCUT2D eigenvalue weighted by atomic mass is 9.72. The molecule has 23 heavy (non-hydrogen) atoms. The summed E-state index contributed by atoms with van der Waals surface area (Å²) in [5, 5.41) is 2.78. The maximum atomic E-state index is 12.2. The fourth-order valence-electron chi connectivity index (χ4n) is 3.43. The highest BCUT2D eigenvalue weighted by molar-refractivity contribution is 7.99. The summed E-state index contributed by atoms with van der Waals surface area (Å²) >= 11 is 1.78. The van der Waals surface area contributed by atoms with E-state index in [4.69, 9.17) is 5.73 Å².